The fourth-order valence-corrected chi connectivity index (χ4v) is 5.73. The Morgan fingerprint density at radius 3 is 2.29 bits per heavy atom. The summed E-state index contributed by atoms with van der Waals surface area (Å²) in [5, 5.41) is 65.5. The number of phenols is 1. The number of hydrogen-bond acceptors (Lipinski definition) is 12. The van der Waals surface area contributed by atoms with Gasteiger partial charge in [0.1, 0.15) is 79.4 Å². The van der Waals surface area contributed by atoms with Gasteiger partial charge in [-0.1, -0.05) is 6.07 Å². The molecule has 268 valence electrons. The molecule has 5 rings (SSSR count). The van der Waals surface area contributed by atoms with Crippen LogP contribution in [0.3, 0.4) is 0 Å². The molecule has 0 unspecified atom stereocenters. The molecule has 2 aromatic carbocycles. The van der Waals surface area contributed by atoms with Gasteiger partial charge >= 0.3 is 6.18 Å². The van der Waals surface area contributed by atoms with Crippen molar-refractivity contribution in [2.75, 3.05) is 13.4 Å². The van der Waals surface area contributed by atoms with Crippen LogP contribution in [0.4, 0.5) is 17.6 Å². The number of amides is 1. The van der Waals surface area contributed by atoms with Gasteiger partial charge in [-0.3, -0.25) is 4.79 Å². The van der Waals surface area contributed by atoms with E-state index in [1.54, 1.807) is 0 Å². The topological polar surface area (TPSA) is 197 Å². The number of rotatable bonds is 9. The largest absolute Gasteiger partial charge is 0.504 e. The van der Waals surface area contributed by atoms with Crippen LogP contribution in [-0.4, -0.2) is 111 Å². The van der Waals surface area contributed by atoms with Gasteiger partial charge in [-0.05, 0) is 67.5 Å². The summed E-state index contributed by atoms with van der Waals surface area (Å²) in [5.41, 5.74) is -0.589. The zero-order valence-electron chi connectivity index (χ0n) is 26.0. The fourth-order valence-electron chi connectivity index (χ4n) is 5.73. The predicted molar refractivity (Wildman–Crippen MR) is 158 cm³/mol. The smallest absolute Gasteiger partial charge is 0.420 e. The third-order valence-corrected chi connectivity index (χ3v) is 8.43. The van der Waals surface area contributed by atoms with Crippen molar-refractivity contribution < 1.29 is 76.7 Å². The normalized spacial score (nSPS) is 32.1. The van der Waals surface area contributed by atoms with Crippen LogP contribution in [0.5, 0.6) is 17.2 Å². The van der Waals surface area contributed by atoms with Gasteiger partial charge in [0.25, 0.3) is 0 Å². The Hall–Kier alpha value is -3.81. The van der Waals surface area contributed by atoms with E-state index in [0.717, 1.165) is 12.1 Å². The third-order valence-electron chi connectivity index (χ3n) is 8.43. The lowest BCUT2D eigenvalue weighted by molar-refractivity contribution is -0.155. The van der Waals surface area contributed by atoms with E-state index in [0.29, 0.717) is 11.6 Å². The first-order valence-corrected chi connectivity index (χ1v) is 15.0. The monoisotopic (exact) mass is 701 g/mol. The molecule has 0 spiro atoms. The molecule has 2 heterocycles. The number of phenolic OH excluding ortho intramolecular Hbond substituents is 1. The van der Waals surface area contributed by atoms with Gasteiger partial charge in [0.05, 0.1) is 6.04 Å². The quantitative estimate of drug-likeness (QED) is 0.112. The molecule has 1 amide bonds. The molecular weight excluding hydrogens is 666 g/mol. The van der Waals surface area contributed by atoms with E-state index in [4.69, 9.17) is 23.7 Å². The van der Waals surface area contributed by atoms with Crippen LogP contribution in [0, 0.1) is 5.82 Å². The number of ether oxygens (including phenoxy) is 5. The first-order chi connectivity index (χ1) is 23.1. The molecule has 3 fully saturated rings. The van der Waals surface area contributed by atoms with Gasteiger partial charge in [-0.2, -0.15) is 13.2 Å². The molecule has 0 bridgehead atoms. The molecule has 2 aliphatic heterocycles. The van der Waals surface area contributed by atoms with Crippen molar-refractivity contribution in [2.45, 2.75) is 81.2 Å². The lowest BCUT2D eigenvalue weighted by atomic mass is 9.83. The Labute approximate surface area is 276 Å². The van der Waals surface area contributed by atoms with Gasteiger partial charge in [0, 0.05) is 5.57 Å². The predicted octanol–water partition coefficient (Wildman–Crippen LogP) is 1.13. The van der Waals surface area contributed by atoms with Crippen molar-refractivity contribution in [3.05, 3.63) is 70.6 Å². The maximum atomic E-state index is 13.4. The molecule has 1 saturated carbocycles. The van der Waals surface area contributed by atoms with Crippen LogP contribution >= 0.6 is 0 Å². The van der Waals surface area contributed by atoms with E-state index in [2.05, 4.69) is 5.32 Å². The molecule has 3 aliphatic rings. The first kappa shape index (κ1) is 36.5. The summed E-state index contributed by atoms with van der Waals surface area (Å²) >= 11 is 0. The third kappa shape index (κ3) is 7.84. The molecule has 0 aromatic heterocycles. The average molecular weight is 702 g/mol. The minimum atomic E-state index is -4.86. The van der Waals surface area contributed by atoms with E-state index in [1.807, 2.05) is 0 Å². The van der Waals surface area contributed by atoms with E-state index < -0.39 is 103 Å². The number of benzene rings is 2. The van der Waals surface area contributed by atoms with Crippen molar-refractivity contribution in [2.24, 2.45) is 0 Å². The Morgan fingerprint density at radius 1 is 0.939 bits per heavy atom. The van der Waals surface area contributed by atoms with Crippen molar-refractivity contribution >= 4 is 12.0 Å². The molecule has 2 aromatic rings. The van der Waals surface area contributed by atoms with Crippen LogP contribution < -0.4 is 14.8 Å². The van der Waals surface area contributed by atoms with Gasteiger partial charge in [0.15, 0.2) is 11.5 Å². The van der Waals surface area contributed by atoms with Crippen LogP contribution in [0.25, 0.3) is 6.08 Å². The summed E-state index contributed by atoms with van der Waals surface area (Å²) in [5.74, 6) is -2.97. The number of halogens is 4. The van der Waals surface area contributed by atoms with Crippen LogP contribution in [0.15, 0.2) is 53.6 Å². The summed E-state index contributed by atoms with van der Waals surface area (Å²) in [6, 6.07) is 4.70. The zero-order valence-corrected chi connectivity index (χ0v) is 26.0. The van der Waals surface area contributed by atoms with E-state index in [-0.39, 0.29) is 23.7 Å². The number of aliphatic hydroxyl groups is 5. The number of fused-ring (bicyclic) bond motifs is 1. The summed E-state index contributed by atoms with van der Waals surface area (Å²) in [6.45, 7) is 2.32. The second-order valence-electron chi connectivity index (χ2n) is 11.8. The summed E-state index contributed by atoms with van der Waals surface area (Å²) in [7, 11) is 0. The van der Waals surface area contributed by atoms with Crippen molar-refractivity contribution in [3.8, 4) is 17.2 Å². The zero-order chi connectivity index (χ0) is 35.8. The van der Waals surface area contributed by atoms with Gasteiger partial charge in [0.2, 0.25) is 12.2 Å². The minimum absolute atomic E-state index is 0.105. The van der Waals surface area contributed by atoms with Crippen molar-refractivity contribution in [1.29, 1.82) is 0 Å². The van der Waals surface area contributed by atoms with Crippen LogP contribution in [0.2, 0.25) is 0 Å². The number of carbonyl (C=O) groups excluding carboxylic acids is 1. The highest BCUT2D eigenvalue weighted by molar-refractivity contribution is 5.97. The molecule has 17 heteroatoms. The van der Waals surface area contributed by atoms with Crippen molar-refractivity contribution in [1.82, 2.24) is 5.32 Å². The van der Waals surface area contributed by atoms with E-state index >= 15 is 0 Å². The Balaban J connectivity index is 1.19. The highest BCUT2D eigenvalue weighted by Gasteiger charge is 2.53. The molecule has 0 radical (unpaired) electrons. The first-order valence-electron chi connectivity index (χ1n) is 15.0. The van der Waals surface area contributed by atoms with Gasteiger partial charge in [-0.15, -0.1) is 0 Å². The Kier molecular flexibility index (Phi) is 10.9. The van der Waals surface area contributed by atoms with Gasteiger partial charge in [-0.25, -0.2) is 4.39 Å². The fraction of sp³-hybridized carbons (Fsp3) is 0.469. The molecular formula is C32H35F4NO12. The molecule has 7 N–H and O–H groups in total. The van der Waals surface area contributed by atoms with Crippen LogP contribution in [0.1, 0.15) is 25.0 Å². The lowest BCUT2D eigenvalue weighted by Crippen LogP contribution is -2.67. The summed E-state index contributed by atoms with van der Waals surface area (Å²) in [6.07, 6.45) is -14.1. The Bertz CT molecular complexity index is 1590. The highest BCUT2D eigenvalue weighted by atomic mass is 19.4. The van der Waals surface area contributed by atoms with Crippen LogP contribution in [-0.2, 0) is 25.2 Å². The number of aromatic hydroxyl groups is 1. The maximum absolute atomic E-state index is 13.4. The SMILES string of the molecule is C/C(=C\c1ccc(O[C@@H]2O[C@H](/C(C)=C/COc3ccc(F)cc3C(F)(F)F)[C@@H](O)[C@@H]2O)c(O)c1)C(=O)N[C@@H]1[C@H](O)[C@@H](O)[C@H]2OCO[C@H]2[C@@H]1O. The van der Waals surface area contributed by atoms with E-state index in [9.17, 15) is 53.0 Å². The van der Waals surface area contributed by atoms with Gasteiger partial charge < -0.3 is 59.6 Å². The lowest BCUT2D eigenvalue weighted by Gasteiger charge is -2.41. The molecule has 13 nitrogen and oxygen atoms in total. The minimum Gasteiger partial charge on any atom is -0.504 e. The average Bonchev–Trinajstić information content (AvgIpc) is 3.65. The summed E-state index contributed by atoms with van der Waals surface area (Å²) in [4.78, 5) is 12.9. The second kappa shape index (κ2) is 14.6. The van der Waals surface area contributed by atoms with E-state index in [1.165, 1.54) is 44.2 Å². The number of aliphatic hydroxyl groups excluding tert-OH is 5. The molecule has 1 aliphatic carbocycles. The number of carbonyl (C=O) groups is 1. The molecule has 10 atom stereocenters. The maximum Gasteiger partial charge on any atom is 0.420 e. The molecule has 49 heavy (non-hydrogen) atoms. The van der Waals surface area contributed by atoms with Crippen molar-refractivity contribution in [3.63, 3.8) is 0 Å². The second-order valence-corrected chi connectivity index (χ2v) is 11.8. The summed E-state index contributed by atoms with van der Waals surface area (Å²) < 4.78 is 79.9. The standard InChI is InChI=1S/C32H35F4NO12/c1-13(7-8-45-19-6-4-16(33)11-17(19)32(34,35)36)27-25(42)26(43)31(49-27)48-20-5-3-15(10-18(20)38)9-14(2)30(44)37-21-22(39)24(41)29-28(23(21)40)46-12-47-29/h3-7,9-11,21-29,31,38-43H,8,12H2,1-2H3,(H,37,44)/b13-7+,14-9+/t21-,22+,23-,24-,25+,26+,27-,28+,29-,31-/m1/s1. The number of nitrogens with one attached hydrogen (secondary N) is 1. The number of alkyl halides is 3. The Morgan fingerprint density at radius 2 is 1.61 bits per heavy atom. The molecule has 2 saturated heterocycles. The highest BCUT2D eigenvalue weighted by Crippen LogP contribution is 2.37. The number of hydrogen-bond donors (Lipinski definition) is 7.